The van der Waals surface area contributed by atoms with Crippen LogP contribution in [0.2, 0.25) is 0 Å². The number of carbonyl (C=O) groups is 1. The summed E-state index contributed by atoms with van der Waals surface area (Å²) in [6.07, 6.45) is 0. The van der Waals surface area contributed by atoms with Crippen LogP contribution in [0, 0.1) is 5.92 Å². The first-order chi connectivity index (χ1) is 12.8. The Balaban J connectivity index is 2.23. The number of sulfonamides is 1. The average molecular weight is 392 g/mol. The lowest BCUT2D eigenvalue weighted by atomic mass is 10.2. The molecule has 146 valence electrons. The molecule has 0 saturated heterocycles. The number of hydrogen-bond donors (Lipinski definition) is 2. The molecule has 0 atom stereocenters. The molecule has 0 bridgehead atoms. The predicted octanol–water partition coefficient (Wildman–Crippen LogP) is 2.89. The second-order valence-electron chi connectivity index (χ2n) is 6.29. The van der Waals surface area contributed by atoms with E-state index in [9.17, 15) is 13.2 Å². The summed E-state index contributed by atoms with van der Waals surface area (Å²) in [4.78, 5) is 12.6. The molecular formula is C19H24N2O5S. The second kappa shape index (κ2) is 8.88. The molecule has 0 radical (unpaired) electrons. The van der Waals surface area contributed by atoms with Gasteiger partial charge in [-0.05, 0) is 36.2 Å². The Hall–Kier alpha value is -2.58. The fourth-order valence-corrected chi connectivity index (χ4v) is 3.52. The van der Waals surface area contributed by atoms with E-state index in [1.165, 1.54) is 32.4 Å². The number of carbonyl (C=O) groups excluding carboxylic acids is 1. The summed E-state index contributed by atoms with van der Waals surface area (Å²) in [7, 11) is -0.659. The van der Waals surface area contributed by atoms with Crippen molar-refractivity contribution in [1.82, 2.24) is 4.72 Å². The van der Waals surface area contributed by atoms with Crippen molar-refractivity contribution in [1.29, 1.82) is 0 Å². The lowest BCUT2D eigenvalue weighted by Gasteiger charge is -2.12. The summed E-state index contributed by atoms with van der Waals surface area (Å²) in [5.41, 5.74) is 0.676. The maximum atomic E-state index is 12.6. The van der Waals surface area contributed by atoms with Gasteiger partial charge in [0.1, 0.15) is 11.5 Å². The van der Waals surface area contributed by atoms with Crippen molar-refractivity contribution >= 4 is 21.6 Å². The Morgan fingerprint density at radius 2 is 1.81 bits per heavy atom. The number of rotatable bonds is 8. The van der Waals surface area contributed by atoms with Crippen molar-refractivity contribution in [2.75, 3.05) is 26.1 Å². The van der Waals surface area contributed by atoms with Crippen LogP contribution in [0.4, 0.5) is 5.69 Å². The van der Waals surface area contributed by atoms with Crippen LogP contribution in [0.15, 0.2) is 47.4 Å². The summed E-state index contributed by atoms with van der Waals surface area (Å²) in [6.45, 7) is 4.14. The molecule has 2 aromatic carbocycles. The number of methoxy groups -OCH3 is 2. The van der Waals surface area contributed by atoms with Crippen LogP contribution in [0.25, 0.3) is 0 Å². The third kappa shape index (κ3) is 5.45. The van der Waals surface area contributed by atoms with E-state index in [0.29, 0.717) is 23.7 Å². The largest absolute Gasteiger partial charge is 0.497 e. The summed E-state index contributed by atoms with van der Waals surface area (Å²) in [5, 5.41) is 2.72. The highest BCUT2D eigenvalue weighted by molar-refractivity contribution is 7.89. The quantitative estimate of drug-likeness (QED) is 0.720. The standard InChI is InChI=1S/C19H24N2O5S/c1-13(2)12-20-27(23,24)16-7-5-6-14(10-16)19(22)21-17-9-8-15(25-3)11-18(17)26-4/h5-11,13,20H,12H2,1-4H3,(H,21,22). The van der Waals surface area contributed by atoms with E-state index in [-0.39, 0.29) is 16.4 Å². The average Bonchev–Trinajstić information content (AvgIpc) is 2.66. The van der Waals surface area contributed by atoms with Crippen LogP contribution in [0.5, 0.6) is 11.5 Å². The van der Waals surface area contributed by atoms with Gasteiger partial charge in [0, 0.05) is 18.2 Å². The van der Waals surface area contributed by atoms with Crippen LogP contribution >= 0.6 is 0 Å². The first-order valence-electron chi connectivity index (χ1n) is 8.40. The molecule has 0 aromatic heterocycles. The molecule has 27 heavy (non-hydrogen) atoms. The van der Waals surface area contributed by atoms with Gasteiger partial charge in [0.2, 0.25) is 10.0 Å². The van der Waals surface area contributed by atoms with E-state index in [2.05, 4.69) is 10.0 Å². The zero-order valence-electron chi connectivity index (χ0n) is 15.8. The smallest absolute Gasteiger partial charge is 0.255 e. The molecule has 2 rings (SSSR count). The van der Waals surface area contributed by atoms with Crippen LogP contribution < -0.4 is 19.5 Å². The summed E-state index contributed by atoms with van der Waals surface area (Å²) in [6, 6.07) is 10.9. The van der Waals surface area contributed by atoms with E-state index in [4.69, 9.17) is 9.47 Å². The molecule has 1 amide bonds. The molecule has 0 aliphatic rings. The van der Waals surface area contributed by atoms with Crippen molar-refractivity contribution in [3.8, 4) is 11.5 Å². The molecule has 0 aliphatic carbocycles. The maximum Gasteiger partial charge on any atom is 0.255 e. The third-order valence-electron chi connectivity index (χ3n) is 3.75. The number of benzene rings is 2. The predicted molar refractivity (Wildman–Crippen MR) is 104 cm³/mol. The van der Waals surface area contributed by atoms with Gasteiger partial charge in [-0.1, -0.05) is 19.9 Å². The van der Waals surface area contributed by atoms with E-state index >= 15 is 0 Å². The van der Waals surface area contributed by atoms with Crippen LogP contribution in [0.3, 0.4) is 0 Å². The fourth-order valence-electron chi connectivity index (χ4n) is 2.26. The van der Waals surface area contributed by atoms with E-state index in [1.807, 2.05) is 13.8 Å². The molecule has 7 nitrogen and oxygen atoms in total. The van der Waals surface area contributed by atoms with E-state index < -0.39 is 15.9 Å². The van der Waals surface area contributed by atoms with Crippen molar-refractivity contribution in [3.63, 3.8) is 0 Å². The Kier molecular flexibility index (Phi) is 6.81. The summed E-state index contributed by atoms with van der Waals surface area (Å²) < 4.78 is 37.6. The van der Waals surface area contributed by atoms with Crippen LogP contribution in [0.1, 0.15) is 24.2 Å². The Morgan fingerprint density at radius 1 is 1.07 bits per heavy atom. The number of hydrogen-bond acceptors (Lipinski definition) is 5. The Morgan fingerprint density at radius 3 is 2.44 bits per heavy atom. The highest BCUT2D eigenvalue weighted by Gasteiger charge is 2.17. The van der Waals surface area contributed by atoms with Gasteiger partial charge in [-0.25, -0.2) is 13.1 Å². The molecule has 8 heteroatoms. The lowest BCUT2D eigenvalue weighted by molar-refractivity contribution is 0.102. The molecule has 0 fully saturated rings. The summed E-state index contributed by atoms with van der Waals surface area (Å²) in [5.74, 6) is 0.757. The molecule has 0 heterocycles. The van der Waals surface area contributed by atoms with Crippen LogP contribution in [-0.4, -0.2) is 35.1 Å². The Labute approximate surface area is 159 Å². The molecule has 0 saturated carbocycles. The van der Waals surface area contributed by atoms with Gasteiger partial charge in [0.15, 0.2) is 0 Å². The molecule has 0 spiro atoms. The van der Waals surface area contributed by atoms with Gasteiger partial charge in [-0.2, -0.15) is 0 Å². The molecule has 2 N–H and O–H groups in total. The molecule has 2 aromatic rings. The Bertz CT molecular complexity index is 910. The van der Waals surface area contributed by atoms with E-state index in [0.717, 1.165) is 0 Å². The number of amides is 1. The zero-order valence-corrected chi connectivity index (χ0v) is 16.6. The third-order valence-corrected chi connectivity index (χ3v) is 5.17. The minimum Gasteiger partial charge on any atom is -0.497 e. The van der Waals surface area contributed by atoms with Gasteiger partial charge in [0.25, 0.3) is 5.91 Å². The number of ether oxygens (including phenoxy) is 2. The van der Waals surface area contributed by atoms with Gasteiger partial charge < -0.3 is 14.8 Å². The van der Waals surface area contributed by atoms with Gasteiger partial charge in [-0.3, -0.25) is 4.79 Å². The highest BCUT2D eigenvalue weighted by Crippen LogP contribution is 2.29. The molecule has 0 aliphatic heterocycles. The SMILES string of the molecule is COc1ccc(NC(=O)c2cccc(S(=O)(=O)NCC(C)C)c2)c(OC)c1. The lowest BCUT2D eigenvalue weighted by Crippen LogP contribution is -2.27. The van der Waals surface area contributed by atoms with Gasteiger partial charge in [-0.15, -0.1) is 0 Å². The van der Waals surface area contributed by atoms with Crippen molar-refractivity contribution < 1.29 is 22.7 Å². The fraction of sp³-hybridized carbons (Fsp3) is 0.316. The minimum absolute atomic E-state index is 0.0393. The van der Waals surface area contributed by atoms with Gasteiger partial charge in [0.05, 0.1) is 24.8 Å². The van der Waals surface area contributed by atoms with Crippen LogP contribution in [-0.2, 0) is 10.0 Å². The normalized spacial score (nSPS) is 11.3. The maximum absolute atomic E-state index is 12.6. The molecule has 0 unspecified atom stereocenters. The van der Waals surface area contributed by atoms with E-state index in [1.54, 1.807) is 24.3 Å². The first-order valence-corrected chi connectivity index (χ1v) is 9.88. The summed E-state index contributed by atoms with van der Waals surface area (Å²) >= 11 is 0. The number of nitrogens with one attached hydrogen (secondary N) is 2. The zero-order chi connectivity index (χ0) is 20.0. The topological polar surface area (TPSA) is 93.7 Å². The van der Waals surface area contributed by atoms with Gasteiger partial charge >= 0.3 is 0 Å². The highest BCUT2D eigenvalue weighted by atomic mass is 32.2. The molecular weight excluding hydrogens is 368 g/mol. The monoisotopic (exact) mass is 392 g/mol. The number of anilines is 1. The minimum atomic E-state index is -3.68. The van der Waals surface area contributed by atoms with Crippen molar-refractivity contribution in [2.24, 2.45) is 5.92 Å². The van der Waals surface area contributed by atoms with Crippen molar-refractivity contribution in [2.45, 2.75) is 18.7 Å². The van der Waals surface area contributed by atoms with Crippen molar-refractivity contribution in [3.05, 3.63) is 48.0 Å². The first kappa shape index (κ1) is 20.7. The second-order valence-corrected chi connectivity index (χ2v) is 8.06.